The summed E-state index contributed by atoms with van der Waals surface area (Å²) in [5.74, 6) is 1.54. The predicted molar refractivity (Wildman–Crippen MR) is 104 cm³/mol. The first-order chi connectivity index (χ1) is 12.0. The average Bonchev–Trinajstić information content (AvgIpc) is 2.64. The summed E-state index contributed by atoms with van der Waals surface area (Å²) in [5.41, 5.74) is 1.40. The van der Waals surface area contributed by atoms with Gasteiger partial charge in [-0.2, -0.15) is 0 Å². The Morgan fingerprint density at radius 3 is 1.80 bits per heavy atom. The van der Waals surface area contributed by atoms with Crippen LogP contribution in [0.3, 0.4) is 0 Å². The lowest BCUT2D eigenvalue weighted by molar-refractivity contribution is 0.210. The largest absolute Gasteiger partial charge is 0.206 e. The van der Waals surface area contributed by atoms with Gasteiger partial charge in [-0.15, -0.1) is 0 Å². The van der Waals surface area contributed by atoms with Crippen LogP contribution in [-0.2, 0) is 6.42 Å². The van der Waals surface area contributed by atoms with E-state index >= 15 is 0 Å². The van der Waals surface area contributed by atoms with Crippen LogP contribution in [0.25, 0.3) is 0 Å². The molecule has 3 rings (SSSR count). The van der Waals surface area contributed by atoms with Crippen LogP contribution in [0.1, 0.15) is 80.9 Å². The molecule has 0 saturated heterocycles. The summed E-state index contributed by atoms with van der Waals surface area (Å²) in [6, 6.07) is 0. The number of halogens is 3. The van der Waals surface area contributed by atoms with E-state index in [0.29, 0.717) is 33.5 Å². The lowest BCUT2D eigenvalue weighted by atomic mass is 9.73. The first kappa shape index (κ1) is 19.3. The van der Waals surface area contributed by atoms with E-state index in [0.717, 1.165) is 24.7 Å². The van der Waals surface area contributed by atoms with Crippen molar-refractivity contribution in [3.8, 4) is 0 Å². The molecule has 0 bridgehead atoms. The van der Waals surface area contributed by atoms with Crippen LogP contribution < -0.4 is 0 Å². The maximum absolute atomic E-state index is 14.6. The first-order valence-electron chi connectivity index (χ1n) is 10.1. The zero-order valence-corrected chi connectivity index (χ0v) is 17.2. The van der Waals surface area contributed by atoms with Gasteiger partial charge in [-0.1, -0.05) is 60.9 Å². The minimum Gasteiger partial charge on any atom is -0.206 e. The van der Waals surface area contributed by atoms with E-state index in [1.807, 2.05) is 0 Å². The Kier molecular flexibility index (Phi) is 6.57. The third-order valence-electron chi connectivity index (χ3n) is 6.70. The molecular weight excluding hydrogens is 382 g/mol. The molecule has 0 aromatic heterocycles. The standard InChI is InChI=1S/C22H31BrF2/c1-14-20(23)15(2)22(25)19(21(14)24)13-18-10-8-17(9-11-18)12-16-6-4-3-5-7-16/h16-18H,3-13H2,1-2H3. The van der Waals surface area contributed by atoms with E-state index in [4.69, 9.17) is 0 Å². The summed E-state index contributed by atoms with van der Waals surface area (Å²) >= 11 is 3.32. The number of rotatable bonds is 4. The van der Waals surface area contributed by atoms with Crippen LogP contribution in [0.4, 0.5) is 8.78 Å². The van der Waals surface area contributed by atoms with E-state index in [2.05, 4.69) is 15.9 Å². The van der Waals surface area contributed by atoms with Crippen molar-refractivity contribution in [3.05, 3.63) is 32.8 Å². The molecule has 0 radical (unpaired) electrons. The van der Waals surface area contributed by atoms with Gasteiger partial charge in [0, 0.05) is 10.0 Å². The Balaban J connectivity index is 1.57. The molecule has 0 spiro atoms. The number of hydrogen-bond acceptors (Lipinski definition) is 0. The Labute approximate surface area is 159 Å². The number of benzene rings is 1. The molecule has 1 aromatic rings. The zero-order valence-electron chi connectivity index (χ0n) is 15.6. The lowest BCUT2D eigenvalue weighted by Crippen LogP contribution is -2.20. The van der Waals surface area contributed by atoms with Crippen molar-refractivity contribution in [2.24, 2.45) is 17.8 Å². The molecule has 0 aliphatic heterocycles. The van der Waals surface area contributed by atoms with Crippen LogP contribution in [0, 0.1) is 43.2 Å². The van der Waals surface area contributed by atoms with Crippen LogP contribution in [0.2, 0.25) is 0 Å². The number of hydrogen-bond donors (Lipinski definition) is 0. The van der Waals surface area contributed by atoms with Crippen LogP contribution in [0.15, 0.2) is 4.47 Å². The predicted octanol–water partition coefficient (Wildman–Crippen LogP) is 7.66. The second-order valence-corrected chi connectivity index (χ2v) is 9.29. The van der Waals surface area contributed by atoms with Gasteiger partial charge >= 0.3 is 0 Å². The molecule has 0 atom stereocenters. The van der Waals surface area contributed by atoms with E-state index in [-0.39, 0.29) is 11.6 Å². The quantitative estimate of drug-likeness (QED) is 0.475. The fourth-order valence-corrected chi connectivity index (χ4v) is 5.40. The van der Waals surface area contributed by atoms with Crippen molar-refractivity contribution >= 4 is 15.9 Å². The molecule has 0 heterocycles. The van der Waals surface area contributed by atoms with E-state index in [1.54, 1.807) is 13.8 Å². The molecule has 0 amide bonds. The highest BCUT2D eigenvalue weighted by atomic mass is 79.9. The molecule has 0 N–H and O–H groups in total. The Morgan fingerprint density at radius 1 is 0.760 bits per heavy atom. The maximum atomic E-state index is 14.6. The zero-order chi connectivity index (χ0) is 18.0. The first-order valence-corrected chi connectivity index (χ1v) is 10.9. The second-order valence-electron chi connectivity index (χ2n) is 8.50. The van der Waals surface area contributed by atoms with E-state index < -0.39 is 0 Å². The molecule has 2 fully saturated rings. The SMILES string of the molecule is Cc1c(F)c(CC2CCC(CC3CCCCC3)CC2)c(F)c(C)c1Br. The summed E-state index contributed by atoms with van der Waals surface area (Å²) in [5, 5.41) is 0. The van der Waals surface area contributed by atoms with Crippen molar-refractivity contribution in [2.75, 3.05) is 0 Å². The van der Waals surface area contributed by atoms with Gasteiger partial charge in [-0.05, 0) is 68.4 Å². The van der Waals surface area contributed by atoms with Crippen LogP contribution in [-0.4, -0.2) is 0 Å². The molecule has 2 aliphatic rings. The van der Waals surface area contributed by atoms with Gasteiger partial charge in [-0.3, -0.25) is 0 Å². The van der Waals surface area contributed by atoms with Gasteiger partial charge < -0.3 is 0 Å². The normalized spacial score (nSPS) is 25.3. The fraction of sp³-hybridized carbons (Fsp3) is 0.727. The summed E-state index contributed by atoms with van der Waals surface area (Å²) in [6.45, 7) is 3.47. The minimum atomic E-state index is -0.348. The highest BCUT2D eigenvalue weighted by Gasteiger charge is 2.27. The topological polar surface area (TPSA) is 0 Å². The van der Waals surface area contributed by atoms with Crippen molar-refractivity contribution in [1.29, 1.82) is 0 Å². The van der Waals surface area contributed by atoms with Crippen LogP contribution in [0.5, 0.6) is 0 Å². The van der Waals surface area contributed by atoms with Crippen molar-refractivity contribution < 1.29 is 8.78 Å². The van der Waals surface area contributed by atoms with Gasteiger partial charge in [0.05, 0.1) is 0 Å². The molecule has 3 heteroatoms. The summed E-state index contributed by atoms with van der Waals surface area (Å²) in [6.07, 6.45) is 13.8. The van der Waals surface area contributed by atoms with E-state index in [9.17, 15) is 8.78 Å². The lowest BCUT2D eigenvalue weighted by Gasteiger charge is -2.32. The summed E-state index contributed by atoms with van der Waals surface area (Å²) in [4.78, 5) is 0. The molecule has 0 nitrogen and oxygen atoms in total. The molecule has 0 unspecified atom stereocenters. The summed E-state index contributed by atoms with van der Waals surface area (Å²) < 4.78 is 29.7. The molecule has 25 heavy (non-hydrogen) atoms. The van der Waals surface area contributed by atoms with Crippen LogP contribution >= 0.6 is 15.9 Å². The highest BCUT2D eigenvalue weighted by molar-refractivity contribution is 9.10. The second kappa shape index (κ2) is 8.50. The monoisotopic (exact) mass is 412 g/mol. The average molecular weight is 413 g/mol. The van der Waals surface area contributed by atoms with Gasteiger partial charge in [0.1, 0.15) is 11.6 Å². The third-order valence-corrected chi connectivity index (χ3v) is 7.89. The Morgan fingerprint density at radius 2 is 1.24 bits per heavy atom. The molecule has 2 saturated carbocycles. The third kappa shape index (κ3) is 4.46. The maximum Gasteiger partial charge on any atom is 0.133 e. The summed E-state index contributed by atoms with van der Waals surface area (Å²) in [7, 11) is 0. The molecule has 140 valence electrons. The molecule has 2 aliphatic carbocycles. The Hall–Kier alpha value is -0.440. The van der Waals surface area contributed by atoms with Gasteiger partial charge in [0.2, 0.25) is 0 Å². The van der Waals surface area contributed by atoms with Gasteiger partial charge in [0.25, 0.3) is 0 Å². The van der Waals surface area contributed by atoms with Crippen molar-refractivity contribution in [3.63, 3.8) is 0 Å². The minimum absolute atomic E-state index is 0.314. The van der Waals surface area contributed by atoms with Crippen molar-refractivity contribution in [1.82, 2.24) is 0 Å². The van der Waals surface area contributed by atoms with Gasteiger partial charge in [-0.25, -0.2) is 8.78 Å². The Bertz CT molecular complexity index is 568. The highest BCUT2D eigenvalue weighted by Crippen LogP contribution is 2.39. The van der Waals surface area contributed by atoms with Gasteiger partial charge in [0.15, 0.2) is 0 Å². The molecular formula is C22H31BrF2. The van der Waals surface area contributed by atoms with Crippen molar-refractivity contribution in [2.45, 2.75) is 84.5 Å². The fourth-order valence-electron chi connectivity index (χ4n) is 5.06. The molecule has 1 aromatic carbocycles. The van der Waals surface area contributed by atoms with E-state index in [1.165, 1.54) is 51.4 Å². The smallest absolute Gasteiger partial charge is 0.133 e.